The fourth-order valence-corrected chi connectivity index (χ4v) is 4.11. The Bertz CT molecular complexity index is 256. The highest BCUT2D eigenvalue weighted by Crippen LogP contribution is 2.35. The quantitative estimate of drug-likeness (QED) is 0.554. The molecule has 2 unspecified atom stereocenters. The summed E-state index contributed by atoms with van der Waals surface area (Å²) in [5.41, 5.74) is 3.10. The zero-order valence-corrected chi connectivity index (χ0v) is 13.4. The summed E-state index contributed by atoms with van der Waals surface area (Å²) >= 11 is 0. The highest BCUT2D eigenvalue weighted by Gasteiger charge is 2.28. The van der Waals surface area contributed by atoms with Crippen molar-refractivity contribution in [2.75, 3.05) is 6.61 Å². The summed E-state index contributed by atoms with van der Waals surface area (Å²) in [6, 6.07) is 0.518. The van der Waals surface area contributed by atoms with E-state index in [9.17, 15) is 0 Å². The van der Waals surface area contributed by atoms with Crippen LogP contribution in [0.3, 0.4) is 0 Å². The Morgan fingerprint density at radius 3 is 2.35 bits per heavy atom. The highest BCUT2D eigenvalue weighted by molar-refractivity contribution is 4.82. The summed E-state index contributed by atoms with van der Waals surface area (Å²) in [5.74, 6) is 8.39. The van der Waals surface area contributed by atoms with Crippen molar-refractivity contribution < 1.29 is 4.74 Å². The second-order valence-corrected chi connectivity index (χ2v) is 7.26. The van der Waals surface area contributed by atoms with Gasteiger partial charge in [-0.1, -0.05) is 13.8 Å². The minimum atomic E-state index is 0.518. The van der Waals surface area contributed by atoms with Crippen LogP contribution in [-0.2, 0) is 4.74 Å². The van der Waals surface area contributed by atoms with Crippen molar-refractivity contribution in [2.24, 2.45) is 23.6 Å². The maximum absolute atomic E-state index is 5.81. The van der Waals surface area contributed by atoms with Gasteiger partial charge in [-0.3, -0.25) is 11.3 Å². The predicted molar refractivity (Wildman–Crippen MR) is 84.2 cm³/mol. The molecule has 2 fully saturated rings. The molecule has 2 rings (SSSR count). The van der Waals surface area contributed by atoms with Crippen LogP contribution >= 0.6 is 0 Å². The minimum absolute atomic E-state index is 0.518. The number of rotatable bonds is 7. The number of nitrogens with one attached hydrogen (secondary N) is 1. The molecule has 3 N–H and O–H groups in total. The average molecular weight is 282 g/mol. The van der Waals surface area contributed by atoms with Crippen molar-refractivity contribution in [3.8, 4) is 0 Å². The molecular formula is C17H34N2O. The second-order valence-electron chi connectivity index (χ2n) is 7.26. The zero-order chi connectivity index (χ0) is 14.4. The first-order chi connectivity index (χ1) is 9.70. The van der Waals surface area contributed by atoms with Crippen molar-refractivity contribution in [1.82, 2.24) is 5.43 Å². The minimum Gasteiger partial charge on any atom is -0.378 e. The zero-order valence-electron chi connectivity index (χ0n) is 13.4. The first-order valence-electron chi connectivity index (χ1n) is 8.78. The van der Waals surface area contributed by atoms with Crippen LogP contribution in [0.25, 0.3) is 0 Å². The fraction of sp³-hybridized carbons (Fsp3) is 1.00. The van der Waals surface area contributed by atoms with Crippen molar-refractivity contribution >= 4 is 0 Å². The monoisotopic (exact) mass is 282 g/mol. The van der Waals surface area contributed by atoms with Gasteiger partial charge >= 0.3 is 0 Å². The summed E-state index contributed by atoms with van der Waals surface area (Å²) < 4.78 is 5.70. The van der Waals surface area contributed by atoms with E-state index in [4.69, 9.17) is 10.6 Å². The van der Waals surface area contributed by atoms with Gasteiger partial charge in [0.2, 0.25) is 0 Å². The molecule has 0 aromatic rings. The molecule has 1 heterocycles. The Hall–Kier alpha value is -0.120. The largest absolute Gasteiger partial charge is 0.378 e. The van der Waals surface area contributed by atoms with Crippen LogP contribution in [0.15, 0.2) is 0 Å². The summed E-state index contributed by atoms with van der Waals surface area (Å²) in [6.07, 6.45) is 12.2. The van der Waals surface area contributed by atoms with Crippen molar-refractivity contribution in [1.29, 1.82) is 0 Å². The molecule has 3 heteroatoms. The van der Waals surface area contributed by atoms with Crippen molar-refractivity contribution in [2.45, 2.75) is 83.8 Å². The van der Waals surface area contributed by atoms with E-state index in [0.717, 1.165) is 24.4 Å². The van der Waals surface area contributed by atoms with Gasteiger partial charge in [0.25, 0.3) is 0 Å². The molecule has 0 aromatic carbocycles. The molecule has 0 spiro atoms. The van der Waals surface area contributed by atoms with Crippen LogP contribution in [0.2, 0.25) is 0 Å². The van der Waals surface area contributed by atoms with E-state index in [0.29, 0.717) is 12.1 Å². The third-order valence-electron chi connectivity index (χ3n) is 5.61. The molecule has 0 aromatic heterocycles. The van der Waals surface area contributed by atoms with Gasteiger partial charge in [-0.2, -0.15) is 0 Å². The van der Waals surface area contributed by atoms with Crippen molar-refractivity contribution in [3.63, 3.8) is 0 Å². The van der Waals surface area contributed by atoms with Crippen LogP contribution < -0.4 is 11.3 Å². The molecule has 3 nitrogen and oxygen atoms in total. The summed E-state index contributed by atoms with van der Waals surface area (Å²) in [5, 5.41) is 0. The van der Waals surface area contributed by atoms with E-state index < -0.39 is 0 Å². The first kappa shape index (κ1) is 16.3. The molecule has 118 valence electrons. The lowest BCUT2D eigenvalue weighted by Crippen LogP contribution is -2.42. The molecule has 2 atom stereocenters. The predicted octanol–water partition coefficient (Wildman–Crippen LogP) is 3.63. The van der Waals surface area contributed by atoms with Crippen LogP contribution in [0.5, 0.6) is 0 Å². The lowest BCUT2D eigenvalue weighted by molar-refractivity contribution is 0.0992. The normalized spacial score (nSPS) is 32.7. The summed E-state index contributed by atoms with van der Waals surface area (Å²) in [4.78, 5) is 0. The Balaban J connectivity index is 1.66. The number of hydrogen-bond acceptors (Lipinski definition) is 3. The van der Waals surface area contributed by atoms with Gasteiger partial charge in [0.15, 0.2) is 0 Å². The molecule has 1 aliphatic carbocycles. The number of ether oxygens (including phenoxy) is 1. The molecule has 20 heavy (non-hydrogen) atoms. The third-order valence-corrected chi connectivity index (χ3v) is 5.61. The Labute approximate surface area is 125 Å². The van der Waals surface area contributed by atoms with E-state index in [1.807, 2.05) is 0 Å². The second kappa shape index (κ2) is 8.35. The maximum atomic E-state index is 5.81. The molecule has 0 radical (unpaired) electrons. The molecule has 1 aliphatic heterocycles. The van der Waals surface area contributed by atoms with E-state index in [-0.39, 0.29) is 0 Å². The average Bonchev–Trinajstić information content (AvgIpc) is 2.97. The van der Waals surface area contributed by atoms with Gasteiger partial charge in [-0.15, -0.1) is 0 Å². The standard InChI is InChI=1S/C17H34N2O/c1-13(2)14-8-10-15(11-9-14)17(19-18)7-3-5-16-6-4-12-20-16/h13-17,19H,3-12,18H2,1-2H3. The van der Waals surface area contributed by atoms with E-state index in [1.54, 1.807) is 0 Å². The first-order valence-corrected chi connectivity index (χ1v) is 8.78. The van der Waals surface area contributed by atoms with Crippen LogP contribution in [0, 0.1) is 17.8 Å². The Morgan fingerprint density at radius 1 is 1.10 bits per heavy atom. The van der Waals surface area contributed by atoms with E-state index >= 15 is 0 Å². The van der Waals surface area contributed by atoms with Crippen LogP contribution in [0.1, 0.15) is 71.6 Å². The smallest absolute Gasteiger partial charge is 0.0576 e. The molecular weight excluding hydrogens is 248 g/mol. The molecule has 1 saturated heterocycles. The molecule has 1 saturated carbocycles. The van der Waals surface area contributed by atoms with Gasteiger partial charge in [0.05, 0.1) is 6.10 Å². The van der Waals surface area contributed by atoms with Gasteiger partial charge < -0.3 is 4.74 Å². The lowest BCUT2D eigenvalue weighted by Gasteiger charge is -2.35. The fourth-order valence-electron chi connectivity index (χ4n) is 4.11. The van der Waals surface area contributed by atoms with Gasteiger partial charge in [0, 0.05) is 12.6 Å². The summed E-state index contributed by atoms with van der Waals surface area (Å²) in [6.45, 7) is 5.71. The SMILES string of the molecule is CC(C)C1CCC(C(CCCC2CCCO2)NN)CC1. The van der Waals surface area contributed by atoms with Gasteiger partial charge in [0.1, 0.15) is 0 Å². The van der Waals surface area contributed by atoms with E-state index in [1.165, 1.54) is 57.8 Å². The number of hydrazine groups is 1. The maximum Gasteiger partial charge on any atom is 0.0576 e. The summed E-state index contributed by atoms with van der Waals surface area (Å²) in [7, 11) is 0. The van der Waals surface area contributed by atoms with Gasteiger partial charge in [-0.05, 0) is 75.5 Å². The number of hydrogen-bond donors (Lipinski definition) is 2. The Morgan fingerprint density at radius 2 is 1.80 bits per heavy atom. The van der Waals surface area contributed by atoms with Gasteiger partial charge in [-0.25, -0.2) is 0 Å². The highest BCUT2D eigenvalue weighted by atomic mass is 16.5. The third kappa shape index (κ3) is 4.71. The van der Waals surface area contributed by atoms with Crippen LogP contribution in [-0.4, -0.2) is 18.8 Å². The van der Waals surface area contributed by atoms with Crippen molar-refractivity contribution in [3.05, 3.63) is 0 Å². The van der Waals surface area contributed by atoms with Crippen LogP contribution in [0.4, 0.5) is 0 Å². The topological polar surface area (TPSA) is 47.3 Å². The molecule has 0 amide bonds. The van der Waals surface area contributed by atoms with E-state index in [2.05, 4.69) is 19.3 Å². The molecule has 0 bridgehead atoms. The lowest BCUT2D eigenvalue weighted by atomic mass is 9.74. The number of nitrogens with two attached hydrogens (primary N) is 1. The molecule has 2 aliphatic rings. The Kier molecular flexibility index (Phi) is 6.79.